The van der Waals surface area contributed by atoms with Crippen molar-refractivity contribution in [3.05, 3.63) is 93.2 Å². The molecule has 3 atom stereocenters. The van der Waals surface area contributed by atoms with Gasteiger partial charge in [0.25, 0.3) is 5.69 Å². The zero-order valence-electron chi connectivity index (χ0n) is 26.9. The van der Waals surface area contributed by atoms with Gasteiger partial charge in [-0.25, -0.2) is 9.59 Å². The van der Waals surface area contributed by atoms with E-state index in [9.17, 15) is 24.5 Å². The zero-order chi connectivity index (χ0) is 34.2. The Labute approximate surface area is 276 Å². The topological polar surface area (TPSA) is 166 Å². The van der Waals surface area contributed by atoms with Crippen LogP contribution in [0, 0.1) is 33.3 Å². The highest BCUT2D eigenvalue weighted by Gasteiger charge is 2.59. The molecule has 3 aromatic carbocycles. The number of non-ortho nitro benzene ring substituents is 1. The highest BCUT2D eigenvalue weighted by molar-refractivity contribution is 8.13. The van der Waals surface area contributed by atoms with Gasteiger partial charge in [0.15, 0.2) is 5.17 Å². The van der Waals surface area contributed by atoms with Gasteiger partial charge in [0, 0.05) is 34.6 Å². The summed E-state index contributed by atoms with van der Waals surface area (Å²) < 4.78 is 12.2. The summed E-state index contributed by atoms with van der Waals surface area (Å²) >= 11 is 1.29. The number of amidine groups is 1. The van der Waals surface area contributed by atoms with E-state index in [0.29, 0.717) is 28.2 Å². The zero-order valence-corrected chi connectivity index (χ0v) is 27.7. The third-order valence-corrected chi connectivity index (χ3v) is 9.87. The largest absolute Gasteiger partial charge is 0.488 e. The van der Waals surface area contributed by atoms with E-state index in [4.69, 9.17) is 20.6 Å². The lowest BCUT2D eigenvalue weighted by Crippen LogP contribution is -2.62. The van der Waals surface area contributed by atoms with Crippen LogP contribution in [0.3, 0.4) is 0 Å². The molecule has 0 aliphatic carbocycles. The Balaban J connectivity index is 1.42. The van der Waals surface area contributed by atoms with Crippen LogP contribution in [0.1, 0.15) is 36.7 Å². The molecule has 0 aromatic heterocycles. The maximum Gasteiger partial charge on any atom is 0.363 e. The van der Waals surface area contributed by atoms with Gasteiger partial charge in [-0.3, -0.25) is 20.3 Å². The van der Waals surface area contributed by atoms with Gasteiger partial charge in [-0.15, -0.1) is 0 Å². The van der Waals surface area contributed by atoms with Crippen molar-refractivity contribution in [3.8, 4) is 5.75 Å². The lowest BCUT2D eigenvalue weighted by molar-refractivity contribution is -0.890. The van der Waals surface area contributed by atoms with E-state index < -0.39 is 16.9 Å². The van der Waals surface area contributed by atoms with E-state index in [2.05, 4.69) is 20.2 Å². The number of hydrogen-bond acceptors (Lipinski definition) is 9. The van der Waals surface area contributed by atoms with Crippen LogP contribution >= 0.6 is 11.8 Å². The molecule has 5 rings (SSSR count). The minimum atomic E-state index is -0.980. The van der Waals surface area contributed by atoms with Crippen LogP contribution in [0.25, 0.3) is 10.8 Å². The van der Waals surface area contributed by atoms with Crippen molar-refractivity contribution in [2.24, 2.45) is 23.5 Å². The summed E-state index contributed by atoms with van der Waals surface area (Å²) in [4.78, 5) is 51.6. The second-order valence-corrected chi connectivity index (χ2v) is 13.9. The first kappa shape index (κ1) is 33.6. The third kappa shape index (κ3) is 6.72. The second-order valence-electron chi connectivity index (χ2n) is 12.9. The van der Waals surface area contributed by atoms with Gasteiger partial charge >= 0.3 is 11.9 Å². The summed E-state index contributed by atoms with van der Waals surface area (Å²) in [5.74, 6) is -1.42. The summed E-state index contributed by atoms with van der Waals surface area (Å²) in [5, 5.41) is 20.5. The number of rotatable bonds is 11. The number of ether oxygens (including phenoxy) is 2. The standard InChI is InChI=1S/C34H38N5O7S/c1-19(2)28-29-20(3)26(30(37(29)31(28)40)33(42)46-32(41)21-12-14-23(15-13-21)38(43)44)17-45-27-11-7-9-24-22(8-6-10-25(24)27)16-39(4,5)18-47-34(35)36/h6-15,19-20,28-29H,16-18H2,1-5H3,(H3,35,36)/q+1/t20-,28+,29+/m0/s1. The minimum absolute atomic E-state index is 0.00242. The summed E-state index contributed by atoms with van der Waals surface area (Å²) in [6.45, 7) is 6.55. The smallest absolute Gasteiger partial charge is 0.363 e. The van der Waals surface area contributed by atoms with Gasteiger partial charge in [0.2, 0.25) is 5.91 Å². The van der Waals surface area contributed by atoms with Crippen LogP contribution in [0.2, 0.25) is 0 Å². The number of nitro groups is 1. The number of amides is 1. The van der Waals surface area contributed by atoms with E-state index >= 15 is 0 Å². The van der Waals surface area contributed by atoms with Crippen molar-refractivity contribution >= 4 is 51.2 Å². The molecule has 0 saturated carbocycles. The number of nitrogens with zero attached hydrogens (tertiary/aromatic N) is 3. The number of β-lactam (4-membered cyclic amide) rings is 1. The molecule has 3 N–H and O–H groups in total. The fourth-order valence-corrected chi connectivity index (χ4v) is 7.02. The molecule has 1 saturated heterocycles. The number of hydrogen-bond donors (Lipinski definition) is 2. The fourth-order valence-electron chi connectivity index (χ4n) is 6.44. The number of quaternary nitrogens is 1. The molecule has 13 heteroatoms. The molecule has 0 unspecified atom stereocenters. The van der Waals surface area contributed by atoms with Crippen molar-refractivity contribution in [2.75, 3.05) is 26.6 Å². The summed E-state index contributed by atoms with van der Waals surface area (Å²) in [6.07, 6.45) is 0. The molecule has 246 valence electrons. The number of thioether (sulfide) groups is 1. The monoisotopic (exact) mass is 660 g/mol. The van der Waals surface area contributed by atoms with Crippen molar-refractivity contribution in [1.82, 2.24) is 4.90 Å². The molecular weight excluding hydrogens is 622 g/mol. The van der Waals surface area contributed by atoms with E-state index in [1.165, 1.54) is 28.8 Å². The molecule has 47 heavy (non-hydrogen) atoms. The molecule has 2 heterocycles. The lowest BCUT2D eigenvalue weighted by atomic mass is 9.74. The highest BCUT2D eigenvalue weighted by Crippen LogP contribution is 2.49. The SMILES string of the molecule is CC(C)[C@H]1C(=O)N2C(C(=O)OC(=O)c3ccc([N+](=O)[O-])cc3)=C(COc3cccc4c(C[N+](C)(C)CSC(=N)N)cccc34)[C@H](C)[C@H]12. The predicted molar refractivity (Wildman–Crippen MR) is 178 cm³/mol. The minimum Gasteiger partial charge on any atom is -0.488 e. The number of carbonyl (C=O) groups is 3. The molecule has 2 aliphatic heterocycles. The Bertz CT molecular complexity index is 1800. The third-order valence-electron chi connectivity index (χ3n) is 8.73. The van der Waals surface area contributed by atoms with Crippen molar-refractivity contribution in [2.45, 2.75) is 33.4 Å². The van der Waals surface area contributed by atoms with Gasteiger partial charge in [0.1, 0.15) is 30.5 Å². The Morgan fingerprint density at radius 2 is 1.72 bits per heavy atom. The van der Waals surface area contributed by atoms with Crippen LogP contribution < -0.4 is 10.5 Å². The quantitative estimate of drug-likeness (QED) is 0.0329. The number of fused-ring (bicyclic) bond motifs is 2. The first-order valence-corrected chi connectivity index (χ1v) is 16.2. The summed E-state index contributed by atoms with van der Waals surface area (Å²) in [7, 11) is 4.15. The molecule has 2 aliphatic rings. The highest BCUT2D eigenvalue weighted by atomic mass is 32.2. The van der Waals surface area contributed by atoms with Crippen LogP contribution in [0.4, 0.5) is 5.69 Å². The molecule has 0 bridgehead atoms. The second kappa shape index (κ2) is 13.2. The van der Waals surface area contributed by atoms with Crippen LogP contribution in [0.15, 0.2) is 71.9 Å². The number of esters is 2. The Hall–Kier alpha value is -4.75. The van der Waals surface area contributed by atoms with Crippen LogP contribution in [-0.4, -0.2) is 69.9 Å². The number of nitro benzene ring substituents is 1. The van der Waals surface area contributed by atoms with Crippen molar-refractivity contribution in [1.29, 1.82) is 5.41 Å². The van der Waals surface area contributed by atoms with Gasteiger partial charge in [-0.1, -0.05) is 51.1 Å². The number of nitrogens with two attached hydrogens (primary N) is 1. The average Bonchev–Trinajstić information content (AvgIpc) is 3.26. The fraction of sp³-hybridized carbons (Fsp3) is 0.353. The molecule has 1 amide bonds. The number of benzene rings is 3. The molecule has 0 spiro atoms. The maximum atomic E-state index is 13.6. The van der Waals surface area contributed by atoms with Crippen LogP contribution in [-0.2, 0) is 20.9 Å². The van der Waals surface area contributed by atoms with Crippen molar-refractivity contribution in [3.63, 3.8) is 0 Å². The van der Waals surface area contributed by atoms with Crippen LogP contribution in [0.5, 0.6) is 5.75 Å². The predicted octanol–water partition coefficient (Wildman–Crippen LogP) is 5.06. The van der Waals surface area contributed by atoms with E-state index in [0.717, 1.165) is 28.5 Å². The van der Waals surface area contributed by atoms with Gasteiger partial charge in [-0.05, 0) is 41.3 Å². The molecule has 3 aromatic rings. The Morgan fingerprint density at radius 3 is 2.36 bits per heavy atom. The molecular formula is C34H38N5O7S+. The molecule has 12 nitrogen and oxygen atoms in total. The summed E-state index contributed by atoms with van der Waals surface area (Å²) in [5.41, 5.74) is 6.99. The average molecular weight is 661 g/mol. The lowest BCUT2D eigenvalue weighted by Gasteiger charge is -2.47. The summed E-state index contributed by atoms with van der Waals surface area (Å²) in [6, 6.07) is 16.2. The molecule has 1 fully saturated rings. The Kier molecular flexibility index (Phi) is 9.41. The maximum absolute atomic E-state index is 13.6. The molecule has 0 radical (unpaired) electrons. The number of carbonyl (C=O) groups excluding carboxylic acids is 3. The van der Waals surface area contributed by atoms with Gasteiger partial charge in [-0.2, -0.15) is 0 Å². The normalized spacial score (nSPS) is 19.1. The number of nitrogens with one attached hydrogen (secondary N) is 1. The van der Waals surface area contributed by atoms with E-state index in [-0.39, 0.29) is 58.4 Å². The van der Waals surface area contributed by atoms with Gasteiger partial charge < -0.3 is 24.6 Å². The van der Waals surface area contributed by atoms with Gasteiger partial charge in [0.05, 0.1) is 36.5 Å². The van der Waals surface area contributed by atoms with E-state index in [1.54, 1.807) is 0 Å². The first-order valence-electron chi connectivity index (χ1n) is 15.2. The first-order chi connectivity index (χ1) is 22.2. The Morgan fingerprint density at radius 1 is 1.06 bits per heavy atom. The van der Waals surface area contributed by atoms with Crippen molar-refractivity contribution < 1.29 is 33.3 Å². The van der Waals surface area contributed by atoms with E-state index in [1.807, 2.05) is 51.1 Å².